The van der Waals surface area contributed by atoms with E-state index in [4.69, 9.17) is 11.6 Å². The van der Waals surface area contributed by atoms with Crippen LogP contribution in [0.3, 0.4) is 0 Å². The van der Waals surface area contributed by atoms with E-state index in [2.05, 4.69) is 15.6 Å². The second-order valence-corrected chi connectivity index (χ2v) is 5.90. The molecule has 0 unspecified atom stereocenters. The van der Waals surface area contributed by atoms with E-state index in [1.165, 1.54) is 6.20 Å². The second-order valence-electron chi connectivity index (χ2n) is 4.17. The number of carbonyl (C=O) groups is 1. The predicted octanol–water partition coefficient (Wildman–Crippen LogP) is 2.16. The maximum Gasteiger partial charge on any atom is 0.235 e. The fraction of sp³-hybridized carbons (Fsp3) is 0.500. The molecule has 1 aromatic heterocycles. The van der Waals surface area contributed by atoms with Crippen LogP contribution >= 0.6 is 23.4 Å². The number of hydrogen-bond acceptors (Lipinski definition) is 4. The van der Waals surface area contributed by atoms with Gasteiger partial charge in [0.25, 0.3) is 0 Å². The van der Waals surface area contributed by atoms with E-state index < -0.39 is 0 Å². The molecule has 2 heterocycles. The summed E-state index contributed by atoms with van der Waals surface area (Å²) in [5, 5.41) is 7.23. The summed E-state index contributed by atoms with van der Waals surface area (Å²) in [6, 6.07) is 3.42. The van der Waals surface area contributed by atoms with Gasteiger partial charge in [-0.1, -0.05) is 11.6 Å². The lowest BCUT2D eigenvalue weighted by molar-refractivity contribution is -0.113. The van der Waals surface area contributed by atoms with Crippen LogP contribution in [0, 0.1) is 0 Å². The second kappa shape index (κ2) is 6.97. The van der Waals surface area contributed by atoms with Crippen LogP contribution < -0.4 is 10.6 Å². The van der Waals surface area contributed by atoms with Crippen LogP contribution in [0.1, 0.15) is 12.8 Å². The van der Waals surface area contributed by atoms with Gasteiger partial charge in [0, 0.05) is 11.4 Å². The van der Waals surface area contributed by atoms with Crippen molar-refractivity contribution in [3.05, 3.63) is 23.4 Å². The van der Waals surface area contributed by atoms with Crippen LogP contribution in [0.2, 0.25) is 5.02 Å². The molecule has 0 aliphatic carbocycles. The van der Waals surface area contributed by atoms with Gasteiger partial charge in [0.1, 0.15) is 5.82 Å². The van der Waals surface area contributed by atoms with Crippen molar-refractivity contribution in [2.45, 2.75) is 18.1 Å². The lowest BCUT2D eigenvalue weighted by atomic mass is 10.2. The third-order valence-corrected chi connectivity index (χ3v) is 4.33. The van der Waals surface area contributed by atoms with Crippen molar-refractivity contribution in [2.75, 3.05) is 24.2 Å². The number of carbonyl (C=O) groups excluding carboxylic acids is 1. The summed E-state index contributed by atoms with van der Waals surface area (Å²) >= 11 is 7.45. The lowest BCUT2D eigenvalue weighted by Crippen LogP contribution is -2.30. The summed E-state index contributed by atoms with van der Waals surface area (Å²) in [4.78, 5) is 15.7. The Morgan fingerprint density at radius 3 is 2.94 bits per heavy atom. The summed E-state index contributed by atoms with van der Waals surface area (Å²) in [6.45, 7) is 2.11. The van der Waals surface area contributed by atoms with Crippen LogP contribution in [0.25, 0.3) is 0 Å². The van der Waals surface area contributed by atoms with Crippen molar-refractivity contribution >= 4 is 35.1 Å². The van der Waals surface area contributed by atoms with Gasteiger partial charge in [-0.05, 0) is 38.1 Å². The molecule has 4 nitrogen and oxygen atoms in total. The van der Waals surface area contributed by atoms with E-state index in [1.807, 2.05) is 0 Å². The zero-order valence-corrected chi connectivity index (χ0v) is 11.6. The predicted molar refractivity (Wildman–Crippen MR) is 76.2 cm³/mol. The van der Waals surface area contributed by atoms with E-state index in [9.17, 15) is 4.79 Å². The van der Waals surface area contributed by atoms with Crippen molar-refractivity contribution < 1.29 is 4.79 Å². The van der Waals surface area contributed by atoms with E-state index in [0.717, 1.165) is 25.9 Å². The number of aromatic nitrogens is 1. The number of nitrogens with zero attached hydrogens (tertiary/aromatic N) is 1. The van der Waals surface area contributed by atoms with Gasteiger partial charge in [0.05, 0.1) is 10.8 Å². The van der Waals surface area contributed by atoms with Gasteiger partial charge < -0.3 is 10.6 Å². The molecule has 2 rings (SSSR count). The SMILES string of the molecule is O=C(CSC1CCNCC1)Nc1ccc(Cl)cn1. The Bertz CT molecular complexity index is 393. The minimum absolute atomic E-state index is 0.00615. The summed E-state index contributed by atoms with van der Waals surface area (Å²) in [5.74, 6) is 1.03. The maximum absolute atomic E-state index is 11.7. The average molecular weight is 286 g/mol. The Hall–Kier alpha value is -0.780. The van der Waals surface area contributed by atoms with Crippen molar-refractivity contribution in [1.29, 1.82) is 0 Å². The molecular formula is C12H16ClN3OS. The normalized spacial score (nSPS) is 16.5. The molecule has 1 aliphatic rings. The minimum Gasteiger partial charge on any atom is -0.317 e. The van der Waals surface area contributed by atoms with E-state index >= 15 is 0 Å². The molecule has 0 aromatic carbocycles. The Balaban J connectivity index is 1.73. The number of piperidine rings is 1. The molecule has 0 saturated carbocycles. The topological polar surface area (TPSA) is 54.0 Å². The standard InChI is InChI=1S/C12H16ClN3OS/c13-9-1-2-11(15-7-9)16-12(17)8-18-10-3-5-14-6-4-10/h1-2,7,10,14H,3-6,8H2,(H,15,16,17). The number of rotatable bonds is 4. The van der Waals surface area contributed by atoms with Crippen LogP contribution in [0.4, 0.5) is 5.82 Å². The summed E-state index contributed by atoms with van der Waals surface area (Å²) in [5.41, 5.74) is 0. The number of pyridine rings is 1. The highest BCUT2D eigenvalue weighted by Gasteiger charge is 2.15. The molecule has 0 bridgehead atoms. The first-order valence-electron chi connectivity index (χ1n) is 5.98. The van der Waals surface area contributed by atoms with Crippen molar-refractivity contribution in [3.63, 3.8) is 0 Å². The van der Waals surface area contributed by atoms with Crippen LogP contribution in [0.15, 0.2) is 18.3 Å². The molecule has 1 saturated heterocycles. The fourth-order valence-electron chi connectivity index (χ4n) is 1.78. The smallest absolute Gasteiger partial charge is 0.235 e. The molecule has 0 radical (unpaired) electrons. The minimum atomic E-state index is -0.00615. The quantitative estimate of drug-likeness (QED) is 0.890. The molecular weight excluding hydrogens is 270 g/mol. The molecule has 18 heavy (non-hydrogen) atoms. The molecule has 0 atom stereocenters. The van der Waals surface area contributed by atoms with E-state index in [1.54, 1.807) is 23.9 Å². The Kier molecular flexibility index (Phi) is 5.28. The number of hydrogen-bond donors (Lipinski definition) is 2. The first-order chi connectivity index (χ1) is 8.74. The molecule has 98 valence electrons. The van der Waals surface area contributed by atoms with Gasteiger partial charge in [-0.2, -0.15) is 0 Å². The van der Waals surface area contributed by atoms with E-state index in [0.29, 0.717) is 21.8 Å². The highest BCUT2D eigenvalue weighted by atomic mass is 35.5. The highest BCUT2D eigenvalue weighted by molar-refractivity contribution is 8.00. The molecule has 2 N–H and O–H groups in total. The monoisotopic (exact) mass is 285 g/mol. The van der Waals surface area contributed by atoms with Crippen molar-refractivity contribution in [2.24, 2.45) is 0 Å². The van der Waals surface area contributed by atoms with Gasteiger partial charge in [-0.25, -0.2) is 4.98 Å². The molecule has 1 amide bonds. The zero-order valence-electron chi connectivity index (χ0n) is 9.99. The third kappa shape index (κ3) is 4.48. The van der Waals surface area contributed by atoms with Gasteiger partial charge in [-0.3, -0.25) is 4.79 Å². The lowest BCUT2D eigenvalue weighted by Gasteiger charge is -2.21. The average Bonchev–Trinajstić information content (AvgIpc) is 2.40. The van der Waals surface area contributed by atoms with Gasteiger partial charge >= 0.3 is 0 Å². The van der Waals surface area contributed by atoms with Crippen molar-refractivity contribution in [1.82, 2.24) is 10.3 Å². The van der Waals surface area contributed by atoms with Gasteiger partial charge in [0.15, 0.2) is 0 Å². The molecule has 6 heteroatoms. The van der Waals surface area contributed by atoms with Gasteiger partial charge in [-0.15, -0.1) is 11.8 Å². The van der Waals surface area contributed by atoms with E-state index in [-0.39, 0.29) is 5.91 Å². The maximum atomic E-state index is 11.7. The zero-order chi connectivity index (χ0) is 12.8. The Labute approximate surface area is 116 Å². The molecule has 0 spiro atoms. The molecule has 1 fully saturated rings. The Morgan fingerprint density at radius 2 is 2.28 bits per heavy atom. The summed E-state index contributed by atoms with van der Waals surface area (Å²) in [6.07, 6.45) is 3.80. The Morgan fingerprint density at radius 1 is 1.50 bits per heavy atom. The number of halogens is 1. The fourth-order valence-corrected chi connectivity index (χ4v) is 2.92. The first kappa shape index (κ1) is 13.6. The largest absolute Gasteiger partial charge is 0.317 e. The van der Waals surface area contributed by atoms with Crippen molar-refractivity contribution in [3.8, 4) is 0 Å². The van der Waals surface area contributed by atoms with Crippen LogP contribution in [-0.2, 0) is 4.79 Å². The summed E-state index contributed by atoms with van der Waals surface area (Å²) < 4.78 is 0. The molecule has 1 aromatic rings. The third-order valence-electron chi connectivity index (χ3n) is 2.73. The molecule has 1 aliphatic heterocycles. The number of nitrogens with one attached hydrogen (secondary N) is 2. The summed E-state index contributed by atoms with van der Waals surface area (Å²) in [7, 11) is 0. The number of thioether (sulfide) groups is 1. The van der Waals surface area contributed by atoms with Crippen LogP contribution in [-0.4, -0.2) is 35.0 Å². The number of anilines is 1. The number of amides is 1. The van der Waals surface area contributed by atoms with Gasteiger partial charge in [0.2, 0.25) is 5.91 Å². The first-order valence-corrected chi connectivity index (χ1v) is 7.40. The van der Waals surface area contributed by atoms with Crippen LogP contribution in [0.5, 0.6) is 0 Å². The highest BCUT2D eigenvalue weighted by Crippen LogP contribution is 2.20.